The van der Waals surface area contributed by atoms with Crippen LogP contribution in [0, 0.1) is 0 Å². The van der Waals surface area contributed by atoms with Crippen molar-refractivity contribution >= 4 is 12.0 Å². The molecule has 1 aromatic heterocycles. The second-order valence-corrected chi connectivity index (χ2v) is 5.47. The van der Waals surface area contributed by atoms with Crippen molar-refractivity contribution in [3.8, 4) is 0 Å². The maximum absolute atomic E-state index is 12.1. The molecule has 0 saturated heterocycles. The van der Waals surface area contributed by atoms with E-state index in [1.54, 1.807) is 6.20 Å². The Labute approximate surface area is 140 Å². The number of carboxylic acid groups (broad SMARTS) is 1. The third-order valence-corrected chi connectivity index (χ3v) is 3.52. The molecule has 24 heavy (non-hydrogen) atoms. The average molecular weight is 327 g/mol. The van der Waals surface area contributed by atoms with Gasteiger partial charge in [0.25, 0.3) is 0 Å². The molecule has 126 valence electrons. The Morgan fingerprint density at radius 1 is 1.08 bits per heavy atom. The van der Waals surface area contributed by atoms with E-state index in [0.29, 0.717) is 19.4 Å². The summed E-state index contributed by atoms with van der Waals surface area (Å²) in [6, 6.07) is 14.6. The monoisotopic (exact) mass is 327 g/mol. The molecule has 0 aliphatic rings. The zero-order chi connectivity index (χ0) is 17.2. The predicted molar refractivity (Wildman–Crippen MR) is 90.4 cm³/mol. The molecule has 6 heteroatoms. The van der Waals surface area contributed by atoms with Gasteiger partial charge >= 0.3 is 12.0 Å². The lowest BCUT2D eigenvalue weighted by Gasteiger charge is -2.18. The van der Waals surface area contributed by atoms with Crippen LogP contribution in [0.2, 0.25) is 0 Å². The van der Waals surface area contributed by atoms with Gasteiger partial charge in [0.1, 0.15) is 0 Å². The summed E-state index contributed by atoms with van der Waals surface area (Å²) in [5.74, 6) is -0.872. The molecule has 1 heterocycles. The summed E-state index contributed by atoms with van der Waals surface area (Å²) in [6.07, 6.45) is 2.64. The minimum atomic E-state index is -0.872. The highest BCUT2D eigenvalue weighted by molar-refractivity contribution is 5.74. The molecule has 0 aliphatic heterocycles. The lowest BCUT2D eigenvalue weighted by atomic mass is 10.0. The van der Waals surface area contributed by atoms with E-state index in [1.165, 1.54) is 0 Å². The van der Waals surface area contributed by atoms with Gasteiger partial charge in [-0.05, 0) is 30.5 Å². The molecular weight excluding hydrogens is 306 g/mol. The highest BCUT2D eigenvalue weighted by atomic mass is 16.4. The molecule has 0 saturated carbocycles. The number of rotatable bonds is 8. The van der Waals surface area contributed by atoms with Crippen molar-refractivity contribution in [2.45, 2.75) is 31.8 Å². The van der Waals surface area contributed by atoms with Crippen molar-refractivity contribution in [2.75, 3.05) is 0 Å². The van der Waals surface area contributed by atoms with Crippen molar-refractivity contribution in [1.82, 2.24) is 15.6 Å². The average Bonchev–Trinajstić information content (AvgIpc) is 2.60. The van der Waals surface area contributed by atoms with Gasteiger partial charge in [0, 0.05) is 18.7 Å². The first-order valence-corrected chi connectivity index (χ1v) is 7.83. The molecule has 1 atom stereocenters. The summed E-state index contributed by atoms with van der Waals surface area (Å²) in [5.41, 5.74) is 1.82. The zero-order valence-corrected chi connectivity index (χ0v) is 13.3. The molecule has 0 spiro atoms. The highest BCUT2D eigenvalue weighted by Gasteiger charge is 2.14. The molecule has 0 bridgehead atoms. The Bertz CT molecular complexity index is 647. The molecular formula is C18H21N3O3. The van der Waals surface area contributed by atoms with Crippen LogP contribution in [0.15, 0.2) is 54.7 Å². The van der Waals surface area contributed by atoms with Crippen molar-refractivity contribution in [1.29, 1.82) is 0 Å². The maximum atomic E-state index is 12.1. The molecule has 0 aliphatic carbocycles. The van der Waals surface area contributed by atoms with Crippen molar-refractivity contribution in [2.24, 2.45) is 0 Å². The van der Waals surface area contributed by atoms with Crippen LogP contribution in [0.5, 0.6) is 0 Å². The van der Waals surface area contributed by atoms with Crippen LogP contribution in [0.1, 0.15) is 24.1 Å². The summed E-state index contributed by atoms with van der Waals surface area (Å²) < 4.78 is 0. The van der Waals surface area contributed by atoms with Gasteiger partial charge in [-0.3, -0.25) is 9.78 Å². The molecule has 3 N–H and O–H groups in total. The number of nitrogens with zero attached hydrogens (tertiary/aromatic N) is 1. The van der Waals surface area contributed by atoms with Gasteiger partial charge in [-0.1, -0.05) is 36.4 Å². The second-order valence-electron chi connectivity index (χ2n) is 5.47. The Balaban J connectivity index is 1.88. The van der Waals surface area contributed by atoms with Gasteiger partial charge in [0.05, 0.1) is 12.2 Å². The fourth-order valence-corrected chi connectivity index (χ4v) is 2.33. The Morgan fingerprint density at radius 2 is 1.83 bits per heavy atom. The lowest BCUT2D eigenvalue weighted by Crippen LogP contribution is -2.43. The number of amides is 2. The zero-order valence-electron chi connectivity index (χ0n) is 13.3. The number of benzene rings is 1. The number of aliphatic carboxylic acids is 1. The quantitative estimate of drug-likeness (QED) is 0.694. The van der Waals surface area contributed by atoms with Crippen molar-refractivity contribution in [3.63, 3.8) is 0 Å². The highest BCUT2D eigenvalue weighted by Crippen LogP contribution is 2.08. The first-order valence-electron chi connectivity index (χ1n) is 7.83. The summed E-state index contributed by atoms with van der Waals surface area (Å²) in [7, 11) is 0. The van der Waals surface area contributed by atoms with Gasteiger partial charge in [-0.2, -0.15) is 0 Å². The molecule has 2 rings (SSSR count). The van der Waals surface area contributed by atoms with Crippen LogP contribution >= 0.6 is 0 Å². The van der Waals surface area contributed by atoms with Crippen LogP contribution < -0.4 is 10.6 Å². The number of urea groups is 1. The van der Waals surface area contributed by atoms with Gasteiger partial charge < -0.3 is 15.7 Å². The van der Waals surface area contributed by atoms with E-state index in [2.05, 4.69) is 15.6 Å². The van der Waals surface area contributed by atoms with E-state index in [-0.39, 0.29) is 18.5 Å². The van der Waals surface area contributed by atoms with Crippen LogP contribution in [0.25, 0.3) is 0 Å². The normalized spacial score (nSPS) is 11.5. The van der Waals surface area contributed by atoms with E-state index >= 15 is 0 Å². The van der Waals surface area contributed by atoms with E-state index in [4.69, 9.17) is 5.11 Å². The summed E-state index contributed by atoms with van der Waals surface area (Å²) in [5, 5.41) is 14.5. The molecule has 1 aromatic carbocycles. The molecule has 1 unspecified atom stereocenters. The largest absolute Gasteiger partial charge is 0.481 e. The second kappa shape index (κ2) is 9.29. The number of hydrogen-bond donors (Lipinski definition) is 3. The minimum Gasteiger partial charge on any atom is -0.481 e. The van der Waals surface area contributed by atoms with Crippen molar-refractivity contribution < 1.29 is 14.7 Å². The van der Waals surface area contributed by atoms with Crippen molar-refractivity contribution in [3.05, 3.63) is 66.0 Å². The van der Waals surface area contributed by atoms with E-state index in [9.17, 15) is 9.59 Å². The SMILES string of the molecule is O=C(O)CCC(Cc1ccccc1)NC(=O)NCc1ccccn1. The number of aromatic nitrogens is 1. The fourth-order valence-electron chi connectivity index (χ4n) is 2.33. The summed E-state index contributed by atoms with van der Waals surface area (Å²) in [6.45, 7) is 0.323. The number of carboxylic acids is 1. The Kier molecular flexibility index (Phi) is 6.76. The molecule has 0 radical (unpaired) electrons. The number of nitrogens with one attached hydrogen (secondary N) is 2. The van der Waals surface area contributed by atoms with Gasteiger partial charge in [-0.15, -0.1) is 0 Å². The standard InChI is InChI=1S/C18H21N3O3/c22-17(23)10-9-15(12-14-6-2-1-3-7-14)21-18(24)20-13-16-8-4-5-11-19-16/h1-8,11,15H,9-10,12-13H2,(H,22,23)(H2,20,21,24). The smallest absolute Gasteiger partial charge is 0.315 e. The van der Waals surface area contributed by atoms with Crippen LogP contribution in [0.4, 0.5) is 4.79 Å². The van der Waals surface area contributed by atoms with E-state index in [0.717, 1.165) is 11.3 Å². The van der Waals surface area contributed by atoms with E-state index < -0.39 is 5.97 Å². The third kappa shape index (κ3) is 6.48. The van der Waals surface area contributed by atoms with Crippen LogP contribution in [-0.2, 0) is 17.8 Å². The Hall–Kier alpha value is -2.89. The third-order valence-electron chi connectivity index (χ3n) is 3.52. The topological polar surface area (TPSA) is 91.3 Å². The molecule has 6 nitrogen and oxygen atoms in total. The lowest BCUT2D eigenvalue weighted by molar-refractivity contribution is -0.137. The molecule has 2 amide bonds. The molecule has 2 aromatic rings. The van der Waals surface area contributed by atoms with Gasteiger partial charge in [0.2, 0.25) is 0 Å². The van der Waals surface area contributed by atoms with Crippen LogP contribution in [-0.4, -0.2) is 28.1 Å². The first kappa shape index (κ1) is 17.5. The van der Waals surface area contributed by atoms with E-state index in [1.807, 2.05) is 48.5 Å². The number of carbonyl (C=O) groups is 2. The first-order chi connectivity index (χ1) is 11.6. The maximum Gasteiger partial charge on any atom is 0.315 e. The van der Waals surface area contributed by atoms with Gasteiger partial charge in [0.15, 0.2) is 0 Å². The fraction of sp³-hybridized carbons (Fsp3) is 0.278. The number of carbonyl (C=O) groups excluding carboxylic acids is 1. The number of pyridine rings is 1. The molecule has 0 fully saturated rings. The van der Waals surface area contributed by atoms with Crippen LogP contribution in [0.3, 0.4) is 0 Å². The summed E-state index contributed by atoms with van der Waals surface area (Å²) >= 11 is 0. The van der Waals surface area contributed by atoms with Gasteiger partial charge in [-0.25, -0.2) is 4.79 Å². The minimum absolute atomic E-state index is 0.0119. The number of hydrogen-bond acceptors (Lipinski definition) is 3. The summed E-state index contributed by atoms with van der Waals surface area (Å²) in [4.78, 5) is 27.0. The Morgan fingerprint density at radius 3 is 2.50 bits per heavy atom. The predicted octanol–water partition coefficient (Wildman–Crippen LogP) is 2.36.